The van der Waals surface area contributed by atoms with Crippen molar-refractivity contribution in [3.05, 3.63) is 89.0 Å². The molecule has 13 heteroatoms. The molecule has 1 fully saturated rings. The molecule has 0 spiro atoms. The molecule has 0 unspecified atom stereocenters. The fourth-order valence-corrected chi connectivity index (χ4v) is 4.16. The van der Waals surface area contributed by atoms with E-state index in [4.69, 9.17) is 9.90 Å². The first-order valence-corrected chi connectivity index (χ1v) is 13.1. The molecule has 0 aromatic heterocycles. The molecule has 0 aliphatic carbocycles. The van der Waals surface area contributed by atoms with Gasteiger partial charge in [-0.25, -0.2) is 9.59 Å². The molecule has 1 aliphatic heterocycles. The van der Waals surface area contributed by atoms with E-state index in [-0.39, 0.29) is 23.9 Å². The van der Waals surface area contributed by atoms with Crippen LogP contribution in [0.2, 0.25) is 0 Å². The average Bonchev–Trinajstić information content (AvgIpc) is 2.95. The summed E-state index contributed by atoms with van der Waals surface area (Å²) in [7, 11) is 0. The topological polar surface area (TPSA) is 139 Å². The fraction of sp³-hybridized carbons (Fsp3) is 0.267. The van der Waals surface area contributed by atoms with E-state index in [1.807, 2.05) is 55.1 Å². The summed E-state index contributed by atoms with van der Waals surface area (Å²) in [5.74, 6) is -4.19. The van der Waals surface area contributed by atoms with Crippen LogP contribution in [0, 0.1) is 13.8 Å². The van der Waals surface area contributed by atoms with Crippen LogP contribution in [0.1, 0.15) is 31.8 Å². The van der Waals surface area contributed by atoms with E-state index in [0.717, 1.165) is 16.8 Å². The first kappa shape index (κ1) is 32.6. The number of aliphatic carboxylic acids is 1. The summed E-state index contributed by atoms with van der Waals surface area (Å²) in [6, 6.07) is 19.8. The van der Waals surface area contributed by atoms with Crippen LogP contribution < -0.4 is 15.5 Å². The minimum absolute atomic E-state index is 0.0767. The number of nitrogens with zero attached hydrogens (tertiary/aromatic N) is 2. The van der Waals surface area contributed by atoms with Crippen molar-refractivity contribution in [2.75, 3.05) is 48.3 Å². The third-order valence-electron chi connectivity index (χ3n) is 6.46. The van der Waals surface area contributed by atoms with Crippen LogP contribution in [0.25, 0.3) is 0 Å². The molecule has 10 nitrogen and oxygen atoms in total. The van der Waals surface area contributed by atoms with E-state index < -0.39 is 18.1 Å². The zero-order valence-electron chi connectivity index (χ0n) is 23.4. The van der Waals surface area contributed by atoms with Gasteiger partial charge in [-0.2, -0.15) is 13.2 Å². The van der Waals surface area contributed by atoms with Gasteiger partial charge in [0.15, 0.2) is 0 Å². The smallest absolute Gasteiger partial charge is 0.478 e. The lowest BCUT2D eigenvalue weighted by Crippen LogP contribution is -2.49. The Balaban J connectivity index is 0.000000646. The number of carbonyl (C=O) groups is 4. The molecule has 3 aromatic carbocycles. The summed E-state index contributed by atoms with van der Waals surface area (Å²) >= 11 is 0. The molecule has 1 aliphatic rings. The number of carboxylic acid groups (broad SMARTS) is 2. The summed E-state index contributed by atoms with van der Waals surface area (Å²) in [6.45, 7) is 6.66. The van der Waals surface area contributed by atoms with Crippen molar-refractivity contribution in [3.63, 3.8) is 0 Å². The van der Waals surface area contributed by atoms with Gasteiger partial charge in [-0.1, -0.05) is 35.4 Å². The summed E-state index contributed by atoms with van der Waals surface area (Å²) in [5, 5.41) is 22.6. The van der Waals surface area contributed by atoms with Crippen LogP contribution in [-0.2, 0) is 9.59 Å². The minimum atomic E-state index is -5.08. The second-order valence-corrected chi connectivity index (χ2v) is 9.84. The monoisotopic (exact) mass is 600 g/mol. The highest BCUT2D eigenvalue weighted by atomic mass is 19.4. The van der Waals surface area contributed by atoms with Crippen molar-refractivity contribution >= 4 is 40.8 Å². The van der Waals surface area contributed by atoms with E-state index in [0.29, 0.717) is 43.1 Å². The van der Waals surface area contributed by atoms with Gasteiger partial charge in [-0.05, 0) is 56.3 Å². The molecular formula is C30H31F3N4O6. The van der Waals surface area contributed by atoms with Crippen molar-refractivity contribution < 1.29 is 42.6 Å². The van der Waals surface area contributed by atoms with Gasteiger partial charge < -0.3 is 25.7 Å². The number of anilines is 3. The van der Waals surface area contributed by atoms with Gasteiger partial charge in [-0.3, -0.25) is 14.5 Å². The number of aryl methyl sites for hydroxylation is 2. The Morgan fingerprint density at radius 1 is 0.767 bits per heavy atom. The standard InChI is InChI=1S/C28H30N4O4.C2HF3O2/c1-19-3-7-21(8-4-19)27(34)30-23-11-12-25(24(17-23)28(35)36)32-15-13-31(14-16-32)18-26(33)29-22-9-5-20(2)6-10-22;3-2(4,5)1(6)7/h3-12,17H,13-16,18H2,1-2H3,(H,29,33)(H,30,34)(H,35,36);(H,6,7). The molecule has 2 amide bonds. The molecule has 1 heterocycles. The van der Waals surface area contributed by atoms with Gasteiger partial charge in [0.25, 0.3) is 5.91 Å². The van der Waals surface area contributed by atoms with Crippen molar-refractivity contribution in [2.24, 2.45) is 0 Å². The number of rotatable bonds is 7. The molecule has 0 radical (unpaired) electrons. The van der Waals surface area contributed by atoms with E-state index in [2.05, 4.69) is 15.5 Å². The van der Waals surface area contributed by atoms with E-state index in [1.54, 1.807) is 24.3 Å². The van der Waals surface area contributed by atoms with Crippen LogP contribution in [0.3, 0.4) is 0 Å². The summed E-state index contributed by atoms with van der Waals surface area (Å²) in [6.07, 6.45) is -5.08. The van der Waals surface area contributed by atoms with Gasteiger partial charge in [-0.15, -0.1) is 0 Å². The third-order valence-corrected chi connectivity index (χ3v) is 6.46. The Kier molecular flexibility index (Phi) is 10.9. The normalized spacial score (nSPS) is 13.4. The van der Waals surface area contributed by atoms with Gasteiger partial charge in [0.2, 0.25) is 5.91 Å². The number of benzene rings is 3. The maximum Gasteiger partial charge on any atom is 0.490 e. The highest BCUT2D eigenvalue weighted by Crippen LogP contribution is 2.26. The van der Waals surface area contributed by atoms with Crippen LogP contribution >= 0.6 is 0 Å². The number of hydrogen-bond donors (Lipinski definition) is 4. The predicted molar refractivity (Wildman–Crippen MR) is 155 cm³/mol. The first-order chi connectivity index (χ1) is 20.2. The lowest BCUT2D eigenvalue weighted by Gasteiger charge is -2.36. The summed E-state index contributed by atoms with van der Waals surface area (Å²) < 4.78 is 31.7. The van der Waals surface area contributed by atoms with Crippen LogP contribution in [0.5, 0.6) is 0 Å². The maximum absolute atomic E-state index is 12.5. The van der Waals surface area contributed by atoms with Crippen molar-refractivity contribution in [2.45, 2.75) is 20.0 Å². The molecule has 228 valence electrons. The number of amides is 2. The van der Waals surface area contributed by atoms with Gasteiger partial charge in [0.1, 0.15) is 0 Å². The van der Waals surface area contributed by atoms with Crippen LogP contribution in [-0.4, -0.2) is 77.8 Å². The lowest BCUT2D eigenvalue weighted by atomic mass is 10.1. The maximum atomic E-state index is 12.5. The summed E-state index contributed by atoms with van der Waals surface area (Å²) in [4.78, 5) is 49.9. The van der Waals surface area contributed by atoms with Crippen molar-refractivity contribution in [1.29, 1.82) is 0 Å². The molecular weight excluding hydrogens is 569 g/mol. The minimum Gasteiger partial charge on any atom is -0.478 e. The number of nitrogens with one attached hydrogen (secondary N) is 2. The zero-order chi connectivity index (χ0) is 31.7. The van der Waals surface area contributed by atoms with E-state index in [9.17, 15) is 32.7 Å². The lowest BCUT2D eigenvalue weighted by molar-refractivity contribution is -0.192. The van der Waals surface area contributed by atoms with Gasteiger partial charge in [0, 0.05) is 43.1 Å². The Labute approximate surface area is 245 Å². The van der Waals surface area contributed by atoms with Crippen molar-refractivity contribution in [3.8, 4) is 0 Å². The quantitative estimate of drug-likeness (QED) is 0.308. The fourth-order valence-electron chi connectivity index (χ4n) is 4.16. The molecule has 0 atom stereocenters. The number of carbonyl (C=O) groups excluding carboxylic acids is 2. The molecule has 0 bridgehead atoms. The Hall–Kier alpha value is -4.91. The molecule has 3 aromatic rings. The largest absolute Gasteiger partial charge is 0.490 e. The van der Waals surface area contributed by atoms with Crippen molar-refractivity contribution in [1.82, 2.24) is 4.90 Å². The number of carboxylic acids is 2. The number of aromatic carboxylic acids is 1. The Morgan fingerprint density at radius 2 is 1.28 bits per heavy atom. The molecule has 0 saturated carbocycles. The second-order valence-electron chi connectivity index (χ2n) is 9.84. The van der Waals surface area contributed by atoms with Crippen LogP contribution in [0.4, 0.5) is 30.2 Å². The number of alkyl halides is 3. The zero-order valence-corrected chi connectivity index (χ0v) is 23.4. The van der Waals surface area contributed by atoms with E-state index >= 15 is 0 Å². The van der Waals surface area contributed by atoms with Crippen LogP contribution in [0.15, 0.2) is 66.7 Å². The Morgan fingerprint density at radius 3 is 1.79 bits per heavy atom. The SMILES string of the molecule is Cc1ccc(NC(=O)CN2CCN(c3ccc(NC(=O)c4ccc(C)cc4)cc3C(=O)O)CC2)cc1.O=C(O)C(F)(F)F. The highest BCUT2D eigenvalue weighted by molar-refractivity contribution is 6.05. The number of piperazine rings is 1. The number of hydrogen-bond acceptors (Lipinski definition) is 6. The predicted octanol–water partition coefficient (Wildman–Crippen LogP) is 4.65. The summed E-state index contributed by atoms with van der Waals surface area (Å²) in [5.41, 5.74) is 4.60. The van der Waals surface area contributed by atoms with Gasteiger partial charge >= 0.3 is 18.1 Å². The molecule has 1 saturated heterocycles. The average molecular weight is 601 g/mol. The molecule has 4 N–H and O–H groups in total. The number of halogens is 3. The highest BCUT2D eigenvalue weighted by Gasteiger charge is 2.38. The molecule has 4 rings (SSSR count). The Bertz CT molecular complexity index is 1450. The third kappa shape index (κ3) is 9.85. The van der Waals surface area contributed by atoms with E-state index in [1.165, 1.54) is 6.07 Å². The second kappa shape index (κ2) is 14.3. The van der Waals surface area contributed by atoms with Gasteiger partial charge in [0.05, 0.1) is 17.8 Å². The molecule has 43 heavy (non-hydrogen) atoms. The first-order valence-electron chi connectivity index (χ1n) is 13.1.